The minimum Gasteiger partial charge on any atom is -0.494 e. The van der Waals surface area contributed by atoms with E-state index in [2.05, 4.69) is 0 Å². The number of nitrogens with zero attached hydrogens (tertiary/aromatic N) is 1. The summed E-state index contributed by atoms with van der Waals surface area (Å²) in [6.07, 6.45) is 0.827. The largest absolute Gasteiger partial charge is 0.494 e. The Bertz CT molecular complexity index is 1550. The highest BCUT2D eigenvalue weighted by atomic mass is 19.1. The molecule has 196 valence electrons. The first-order valence-corrected chi connectivity index (χ1v) is 12.7. The zero-order chi connectivity index (χ0) is 26.8. The van der Waals surface area contributed by atoms with Gasteiger partial charge in [-0.1, -0.05) is 13.0 Å². The first-order chi connectivity index (χ1) is 18.5. The van der Waals surface area contributed by atoms with Crippen LogP contribution in [-0.2, 0) is 0 Å². The summed E-state index contributed by atoms with van der Waals surface area (Å²) in [7, 11) is 0. The molecule has 4 aromatic rings. The van der Waals surface area contributed by atoms with Gasteiger partial charge in [0.1, 0.15) is 17.1 Å². The lowest BCUT2D eigenvalue weighted by atomic mass is 9.97. The van der Waals surface area contributed by atoms with Gasteiger partial charge in [0.15, 0.2) is 16.9 Å². The predicted octanol–water partition coefficient (Wildman–Crippen LogP) is 6.27. The van der Waals surface area contributed by atoms with Gasteiger partial charge in [-0.05, 0) is 80.4 Å². The molecule has 1 aliphatic heterocycles. The highest BCUT2D eigenvalue weighted by Gasteiger charge is 2.44. The van der Waals surface area contributed by atoms with Crippen LogP contribution in [0.1, 0.15) is 54.9 Å². The van der Waals surface area contributed by atoms with Crippen LogP contribution in [0.3, 0.4) is 0 Å². The number of amides is 1. The van der Waals surface area contributed by atoms with Crippen molar-refractivity contribution in [3.8, 4) is 17.2 Å². The monoisotopic (exact) mass is 517 g/mol. The quantitative estimate of drug-likeness (QED) is 0.261. The van der Waals surface area contributed by atoms with Gasteiger partial charge in [0.05, 0.1) is 36.8 Å². The van der Waals surface area contributed by atoms with Gasteiger partial charge in [-0.2, -0.15) is 0 Å². The Morgan fingerprint density at radius 3 is 2.34 bits per heavy atom. The third kappa shape index (κ3) is 4.47. The molecule has 8 heteroatoms. The molecule has 1 aromatic heterocycles. The van der Waals surface area contributed by atoms with Gasteiger partial charge in [-0.3, -0.25) is 14.5 Å². The number of hydrogen-bond acceptors (Lipinski definition) is 6. The molecule has 0 radical (unpaired) electrons. The van der Waals surface area contributed by atoms with Crippen molar-refractivity contribution in [2.45, 2.75) is 33.2 Å². The molecule has 1 unspecified atom stereocenters. The molecule has 0 spiro atoms. The molecule has 1 aliphatic rings. The van der Waals surface area contributed by atoms with Crippen LogP contribution in [0, 0.1) is 5.82 Å². The summed E-state index contributed by atoms with van der Waals surface area (Å²) < 4.78 is 37.3. The van der Waals surface area contributed by atoms with E-state index in [4.69, 9.17) is 18.6 Å². The van der Waals surface area contributed by atoms with Gasteiger partial charge in [-0.15, -0.1) is 0 Å². The molecule has 1 amide bonds. The van der Waals surface area contributed by atoms with Gasteiger partial charge in [0.2, 0.25) is 5.76 Å². The Hall–Kier alpha value is -4.33. The smallest absolute Gasteiger partial charge is 0.295 e. The van der Waals surface area contributed by atoms with Crippen LogP contribution in [-0.4, -0.2) is 25.7 Å². The molecule has 7 nitrogen and oxygen atoms in total. The molecule has 0 fully saturated rings. The van der Waals surface area contributed by atoms with Crippen molar-refractivity contribution in [2.75, 3.05) is 24.7 Å². The topological polar surface area (TPSA) is 78.2 Å². The average molecular weight is 518 g/mol. The molecular weight excluding hydrogens is 489 g/mol. The Balaban J connectivity index is 1.72. The summed E-state index contributed by atoms with van der Waals surface area (Å²) in [5, 5.41) is 0.0722. The Kier molecular flexibility index (Phi) is 7.05. The highest BCUT2D eigenvalue weighted by molar-refractivity contribution is 6.10. The van der Waals surface area contributed by atoms with Gasteiger partial charge < -0.3 is 18.6 Å². The number of hydrogen-bond donors (Lipinski definition) is 0. The molecule has 38 heavy (non-hydrogen) atoms. The fourth-order valence-electron chi connectivity index (χ4n) is 4.69. The molecule has 1 atom stereocenters. The average Bonchev–Trinajstić information content (AvgIpc) is 3.21. The molecule has 0 saturated carbocycles. The van der Waals surface area contributed by atoms with E-state index in [1.54, 1.807) is 42.5 Å². The fourth-order valence-corrected chi connectivity index (χ4v) is 4.69. The Morgan fingerprint density at radius 2 is 1.63 bits per heavy atom. The van der Waals surface area contributed by atoms with Crippen molar-refractivity contribution in [1.82, 2.24) is 0 Å². The summed E-state index contributed by atoms with van der Waals surface area (Å²) in [4.78, 5) is 29.1. The first-order valence-electron chi connectivity index (χ1n) is 12.7. The second kappa shape index (κ2) is 10.6. The number of rotatable bonds is 9. The van der Waals surface area contributed by atoms with E-state index < -0.39 is 23.2 Å². The van der Waals surface area contributed by atoms with E-state index in [0.717, 1.165) is 12.5 Å². The Morgan fingerprint density at radius 1 is 0.868 bits per heavy atom. The van der Waals surface area contributed by atoms with E-state index in [-0.39, 0.29) is 22.3 Å². The molecule has 2 heterocycles. The van der Waals surface area contributed by atoms with Crippen molar-refractivity contribution in [3.05, 3.63) is 93.6 Å². The standard InChI is InChI=1S/C30H28FNO6/c1-4-15-37-24-13-7-18(16-25(24)36-6-3)27-26-28(33)22-17-19(31)8-14-23(22)38-29(26)30(34)32(27)20-9-11-21(12-10-20)35-5-2/h7-14,16-17,27H,4-6,15H2,1-3H3. The van der Waals surface area contributed by atoms with Crippen LogP contribution in [0.25, 0.3) is 11.0 Å². The van der Waals surface area contributed by atoms with Crippen molar-refractivity contribution < 1.29 is 27.8 Å². The molecule has 0 aliphatic carbocycles. The van der Waals surface area contributed by atoms with E-state index in [1.807, 2.05) is 20.8 Å². The number of fused-ring (bicyclic) bond motifs is 2. The summed E-state index contributed by atoms with van der Waals surface area (Å²) in [6, 6.07) is 15.3. The summed E-state index contributed by atoms with van der Waals surface area (Å²) in [5.74, 6) is 0.622. The second-order valence-electron chi connectivity index (χ2n) is 8.81. The first kappa shape index (κ1) is 25.3. The number of carbonyl (C=O) groups is 1. The van der Waals surface area contributed by atoms with Gasteiger partial charge >= 0.3 is 0 Å². The molecule has 3 aromatic carbocycles. The molecule has 0 saturated heterocycles. The van der Waals surface area contributed by atoms with Gasteiger partial charge in [0.25, 0.3) is 5.91 Å². The van der Waals surface area contributed by atoms with Crippen LogP contribution in [0.15, 0.2) is 69.9 Å². The van der Waals surface area contributed by atoms with Crippen molar-refractivity contribution in [1.29, 1.82) is 0 Å². The van der Waals surface area contributed by atoms with Crippen molar-refractivity contribution >= 4 is 22.6 Å². The maximum Gasteiger partial charge on any atom is 0.295 e. The van der Waals surface area contributed by atoms with Crippen molar-refractivity contribution in [3.63, 3.8) is 0 Å². The van der Waals surface area contributed by atoms with Crippen LogP contribution in [0.4, 0.5) is 10.1 Å². The van der Waals surface area contributed by atoms with E-state index in [1.165, 1.54) is 17.0 Å². The number of benzene rings is 3. The Labute approximate surface area is 219 Å². The van der Waals surface area contributed by atoms with Crippen LogP contribution < -0.4 is 24.5 Å². The number of ether oxygens (including phenoxy) is 3. The summed E-state index contributed by atoms with van der Waals surface area (Å²) >= 11 is 0. The summed E-state index contributed by atoms with van der Waals surface area (Å²) in [6.45, 7) is 7.19. The van der Waals surface area contributed by atoms with Crippen molar-refractivity contribution in [2.24, 2.45) is 0 Å². The lowest BCUT2D eigenvalue weighted by molar-refractivity contribution is 0.0971. The van der Waals surface area contributed by atoms with E-state index in [0.29, 0.717) is 48.3 Å². The maximum absolute atomic E-state index is 14.1. The SMILES string of the molecule is CCCOc1ccc(C2c3c(oc4ccc(F)cc4c3=O)C(=O)N2c2ccc(OCC)cc2)cc1OCC. The third-order valence-corrected chi connectivity index (χ3v) is 6.30. The molecule has 5 rings (SSSR count). The zero-order valence-corrected chi connectivity index (χ0v) is 21.5. The second-order valence-corrected chi connectivity index (χ2v) is 8.81. The molecule has 0 bridgehead atoms. The van der Waals surface area contributed by atoms with Gasteiger partial charge in [0, 0.05) is 5.69 Å². The minimum atomic E-state index is -0.834. The summed E-state index contributed by atoms with van der Waals surface area (Å²) in [5.41, 5.74) is 1.01. The molecular formula is C30H28FNO6. The van der Waals surface area contributed by atoms with Crippen LogP contribution in [0.5, 0.6) is 17.2 Å². The lowest BCUT2D eigenvalue weighted by Gasteiger charge is -2.26. The highest BCUT2D eigenvalue weighted by Crippen LogP contribution is 2.43. The predicted molar refractivity (Wildman–Crippen MR) is 142 cm³/mol. The number of halogens is 1. The minimum absolute atomic E-state index is 0.0720. The van der Waals surface area contributed by atoms with E-state index >= 15 is 0 Å². The normalized spacial score (nSPS) is 14.6. The fraction of sp³-hybridized carbons (Fsp3) is 0.267. The zero-order valence-electron chi connectivity index (χ0n) is 21.5. The van der Waals surface area contributed by atoms with Crippen LogP contribution >= 0.6 is 0 Å². The van der Waals surface area contributed by atoms with Gasteiger partial charge in [-0.25, -0.2) is 4.39 Å². The molecule has 0 N–H and O–H groups in total. The maximum atomic E-state index is 14.1. The lowest BCUT2D eigenvalue weighted by Crippen LogP contribution is -2.29. The number of carbonyl (C=O) groups excluding carboxylic acids is 1. The third-order valence-electron chi connectivity index (χ3n) is 6.30. The van der Waals surface area contributed by atoms with Crippen LogP contribution in [0.2, 0.25) is 0 Å². The number of anilines is 1. The van der Waals surface area contributed by atoms with E-state index in [9.17, 15) is 14.0 Å².